The standard InChI is InChI=1S/C26H20Cl2FNO4/c1-2-10-34-19-7-5-6-15(11-19)24(31)22-23(20-8-3-4-9-21(20)29)30(26(33)25(22)32)18-13-16(27)12-17(28)14-18/h3-9,11-14,23,31H,2,10H2,1H3/b24-22+. The minimum atomic E-state index is -1.24. The number of amides is 1. The number of carbonyl (C=O) groups is 2. The van der Waals surface area contributed by atoms with Gasteiger partial charge in [0.1, 0.15) is 17.3 Å². The molecule has 1 saturated heterocycles. The number of anilines is 1. The second-order valence-corrected chi connectivity index (χ2v) is 8.57. The number of hydrogen-bond donors (Lipinski definition) is 1. The van der Waals surface area contributed by atoms with Gasteiger partial charge in [-0.15, -0.1) is 0 Å². The summed E-state index contributed by atoms with van der Waals surface area (Å²) in [5, 5.41) is 11.7. The highest BCUT2D eigenvalue weighted by atomic mass is 35.5. The zero-order chi connectivity index (χ0) is 24.4. The van der Waals surface area contributed by atoms with Crippen molar-refractivity contribution in [1.29, 1.82) is 0 Å². The summed E-state index contributed by atoms with van der Waals surface area (Å²) < 4.78 is 20.6. The van der Waals surface area contributed by atoms with Gasteiger partial charge in [0.05, 0.1) is 18.2 Å². The Hall–Kier alpha value is -3.35. The van der Waals surface area contributed by atoms with E-state index in [1.807, 2.05) is 6.92 Å². The zero-order valence-electron chi connectivity index (χ0n) is 18.1. The van der Waals surface area contributed by atoms with Crippen LogP contribution in [-0.2, 0) is 9.59 Å². The molecule has 0 aliphatic carbocycles. The van der Waals surface area contributed by atoms with E-state index < -0.39 is 29.3 Å². The average molecular weight is 500 g/mol. The molecule has 1 unspecified atom stereocenters. The molecule has 3 aromatic rings. The monoisotopic (exact) mass is 499 g/mol. The second kappa shape index (κ2) is 9.87. The van der Waals surface area contributed by atoms with Gasteiger partial charge in [0.2, 0.25) is 0 Å². The van der Waals surface area contributed by atoms with Gasteiger partial charge >= 0.3 is 0 Å². The number of benzene rings is 3. The third kappa shape index (κ3) is 4.52. The summed E-state index contributed by atoms with van der Waals surface area (Å²) in [5.74, 6) is -2.49. The largest absolute Gasteiger partial charge is 0.507 e. The van der Waals surface area contributed by atoms with Crippen LogP contribution in [0.2, 0.25) is 10.0 Å². The molecule has 1 amide bonds. The molecule has 0 spiro atoms. The topological polar surface area (TPSA) is 66.8 Å². The Morgan fingerprint density at radius 1 is 1.03 bits per heavy atom. The second-order valence-electron chi connectivity index (χ2n) is 7.69. The Morgan fingerprint density at radius 3 is 2.41 bits per heavy atom. The Bertz CT molecular complexity index is 1290. The van der Waals surface area contributed by atoms with E-state index in [0.29, 0.717) is 12.4 Å². The van der Waals surface area contributed by atoms with Crippen LogP contribution in [0.1, 0.15) is 30.5 Å². The highest BCUT2D eigenvalue weighted by Crippen LogP contribution is 2.44. The fraction of sp³-hybridized carbons (Fsp3) is 0.154. The number of carbonyl (C=O) groups excluding carboxylic acids is 2. The number of hydrogen-bond acceptors (Lipinski definition) is 4. The van der Waals surface area contributed by atoms with E-state index >= 15 is 0 Å². The molecule has 1 N–H and O–H groups in total. The van der Waals surface area contributed by atoms with E-state index in [1.54, 1.807) is 30.3 Å². The third-order valence-corrected chi connectivity index (χ3v) is 5.79. The van der Waals surface area contributed by atoms with Gasteiger partial charge in [-0.3, -0.25) is 14.5 Å². The van der Waals surface area contributed by atoms with Crippen molar-refractivity contribution in [2.45, 2.75) is 19.4 Å². The molecule has 0 bridgehead atoms. The quantitative estimate of drug-likeness (QED) is 0.237. The van der Waals surface area contributed by atoms with Gasteiger partial charge in [0, 0.05) is 26.9 Å². The predicted molar refractivity (Wildman–Crippen MR) is 130 cm³/mol. The minimum Gasteiger partial charge on any atom is -0.507 e. The predicted octanol–water partition coefficient (Wildman–Crippen LogP) is 6.55. The lowest BCUT2D eigenvalue weighted by molar-refractivity contribution is -0.132. The normalized spacial score (nSPS) is 17.3. The SMILES string of the molecule is CCCOc1cccc(/C(O)=C2\C(=O)C(=O)N(c3cc(Cl)cc(Cl)c3)C2c2ccccc2F)c1. The fourth-order valence-electron chi connectivity index (χ4n) is 3.88. The van der Waals surface area contributed by atoms with Crippen LogP contribution in [0.25, 0.3) is 5.76 Å². The maximum absolute atomic E-state index is 15.0. The smallest absolute Gasteiger partial charge is 0.300 e. The number of nitrogens with zero attached hydrogens (tertiary/aromatic N) is 1. The van der Waals surface area contributed by atoms with Gasteiger partial charge in [-0.05, 0) is 42.8 Å². The van der Waals surface area contributed by atoms with E-state index in [0.717, 1.165) is 11.3 Å². The number of rotatable bonds is 6. The summed E-state index contributed by atoms with van der Waals surface area (Å²) >= 11 is 12.3. The van der Waals surface area contributed by atoms with Crippen LogP contribution in [0, 0.1) is 5.82 Å². The molecular weight excluding hydrogens is 480 g/mol. The van der Waals surface area contributed by atoms with Crippen LogP contribution >= 0.6 is 23.2 Å². The molecular formula is C26H20Cl2FNO4. The maximum Gasteiger partial charge on any atom is 0.300 e. The lowest BCUT2D eigenvalue weighted by Gasteiger charge is -2.26. The number of ether oxygens (including phenoxy) is 1. The first kappa shape index (κ1) is 23.8. The summed E-state index contributed by atoms with van der Waals surface area (Å²) in [6.07, 6.45) is 0.788. The molecule has 1 heterocycles. The Labute approximate surface area is 206 Å². The van der Waals surface area contributed by atoms with Gasteiger partial charge in [-0.25, -0.2) is 4.39 Å². The van der Waals surface area contributed by atoms with E-state index in [-0.39, 0.29) is 32.4 Å². The van der Waals surface area contributed by atoms with Crippen molar-refractivity contribution < 1.29 is 23.8 Å². The summed E-state index contributed by atoms with van der Waals surface area (Å²) in [6.45, 7) is 2.43. The van der Waals surface area contributed by atoms with Crippen LogP contribution in [0.5, 0.6) is 5.75 Å². The molecule has 1 atom stereocenters. The van der Waals surface area contributed by atoms with E-state index in [4.69, 9.17) is 27.9 Å². The van der Waals surface area contributed by atoms with Crippen molar-refractivity contribution >= 4 is 46.3 Å². The molecule has 3 aromatic carbocycles. The molecule has 34 heavy (non-hydrogen) atoms. The van der Waals surface area contributed by atoms with Gasteiger partial charge in [0.25, 0.3) is 11.7 Å². The van der Waals surface area contributed by atoms with Crippen molar-refractivity contribution in [1.82, 2.24) is 0 Å². The van der Waals surface area contributed by atoms with Gasteiger partial charge < -0.3 is 9.84 Å². The Kier molecular flexibility index (Phi) is 6.91. The summed E-state index contributed by atoms with van der Waals surface area (Å²) in [4.78, 5) is 27.5. The van der Waals surface area contributed by atoms with Crippen molar-refractivity contribution in [3.05, 3.63) is 99.3 Å². The molecule has 5 nitrogen and oxygen atoms in total. The zero-order valence-corrected chi connectivity index (χ0v) is 19.6. The van der Waals surface area contributed by atoms with Crippen LogP contribution in [0.3, 0.4) is 0 Å². The molecule has 0 radical (unpaired) electrons. The first-order valence-electron chi connectivity index (χ1n) is 10.6. The average Bonchev–Trinajstić information content (AvgIpc) is 3.07. The van der Waals surface area contributed by atoms with E-state index in [9.17, 15) is 19.1 Å². The lowest BCUT2D eigenvalue weighted by atomic mass is 9.94. The van der Waals surface area contributed by atoms with Crippen molar-refractivity contribution in [2.75, 3.05) is 11.5 Å². The summed E-state index contributed by atoms with van der Waals surface area (Å²) in [7, 11) is 0. The minimum absolute atomic E-state index is 0.0396. The first-order chi connectivity index (χ1) is 16.3. The van der Waals surface area contributed by atoms with Gasteiger partial charge in [-0.2, -0.15) is 0 Å². The molecule has 0 aromatic heterocycles. The molecule has 8 heteroatoms. The Balaban J connectivity index is 1.93. The molecule has 1 aliphatic heterocycles. The van der Waals surface area contributed by atoms with Crippen molar-refractivity contribution in [2.24, 2.45) is 0 Å². The van der Waals surface area contributed by atoms with E-state index in [2.05, 4.69) is 0 Å². The number of halogens is 3. The highest BCUT2D eigenvalue weighted by Gasteiger charge is 2.48. The Morgan fingerprint density at radius 2 is 1.74 bits per heavy atom. The van der Waals surface area contributed by atoms with Gasteiger partial charge in [-0.1, -0.05) is 60.5 Å². The lowest BCUT2D eigenvalue weighted by Crippen LogP contribution is -2.29. The molecule has 4 rings (SSSR count). The number of ketones is 1. The maximum atomic E-state index is 15.0. The van der Waals surface area contributed by atoms with Crippen LogP contribution in [-0.4, -0.2) is 23.4 Å². The number of Topliss-reactive ketones (excluding diaryl/α,β-unsaturated/α-hetero) is 1. The summed E-state index contributed by atoms with van der Waals surface area (Å²) in [6, 6.07) is 15.4. The molecule has 1 fully saturated rings. The van der Waals surface area contributed by atoms with E-state index in [1.165, 1.54) is 36.4 Å². The first-order valence-corrected chi connectivity index (χ1v) is 11.3. The molecule has 1 aliphatic rings. The number of aliphatic hydroxyl groups excluding tert-OH is 1. The fourth-order valence-corrected chi connectivity index (χ4v) is 4.39. The highest BCUT2D eigenvalue weighted by molar-refractivity contribution is 6.52. The molecule has 174 valence electrons. The van der Waals surface area contributed by atoms with Crippen molar-refractivity contribution in [3.63, 3.8) is 0 Å². The molecule has 0 saturated carbocycles. The van der Waals surface area contributed by atoms with Crippen LogP contribution in [0.4, 0.5) is 10.1 Å². The third-order valence-electron chi connectivity index (χ3n) is 5.35. The van der Waals surface area contributed by atoms with Crippen LogP contribution in [0.15, 0.2) is 72.3 Å². The summed E-state index contributed by atoms with van der Waals surface area (Å²) in [5.41, 5.74) is 0.251. The van der Waals surface area contributed by atoms with Crippen molar-refractivity contribution in [3.8, 4) is 5.75 Å². The van der Waals surface area contributed by atoms with Gasteiger partial charge in [0.15, 0.2) is 0 Å². The number of aliphatic hydroxyl groups is 1. The van der Waals surface area contributed by atoms with Crippen LogP contribution < -0.4 is 9.64 Å².